The lowest BCUT2D eigenvalue weighted by atomic mass is 10.0. The highest BCUT2D eigenvalue weighted by Crippen LogP contribution is 2.19. The van der Waals surface area contributed by atoms with E-state index in [4.69, 9.17) is 9.84 Å². The van der Waals surface area contributed by atoms with Crippen molar-refractivity contribution in [3.63, 3.8) is 0 Å². The van der Waals surface area contributed by atoms with Gasteiger partial charge in [0, 0.05) is 6.61 Å². The van der Waals surface area contributed by atoms with Crippen molar-refractivity contribution in [1.29, 1.82) is 0 Å². The van der Waals surface area contributed by atoms with Gasteiger partial charge in [-0.3, -0.25) is 4.79 Å². The molecule has 0 aliphatic heterocycles. The minimum absolute atomic E-state index is 0.0502. The maximum Gasteiger partial charge on any atom is 0.258 e. The number of aliphatic hydroxyl groups is 1. The lowest BCUT2D eigenvalue weighted by Gasteiger charge is -2.19. The monoisotopic (exact) mass is 317 g/mol. The van der Waals surface area contributed by atoms with Crippen LogP contribution in [0.4, 0.5) is 4.39 Å². The molecule has 0 spiro atoms. The molecule has 2 N–H and O–H groups in total. The molecular formula is C18H20FNO3. The standard InChI is InChI=1S/C18H20FNO3/c19-15-9-4-5-11-17(15)23-13-18(22)20-16(10-6-12-21)14-7-2-1-3-8-14/h1-5,7-9,11,16,21H,6,10,12-13H2,(H,20,22). The van der Waals surface area contributed by atoms with Crippen LogP contribution in [0.1, 0.15) is 24.4 Å². The third-order valence-corrected chi connectivity index (χ3v) is 3.38. The molecule has 1 unspecified atom stereocenters. The van der Waals surface area contributed by atoms with Gasteiger partial charge in [-0.2, -0.15) is 0 Å². The number of hydrogen-bond donors (Lipinski definition) is 2. The maximum atomic E-state index is 13.4. The number of halogens is 1. The molecule has 2 rings (SSSR count). The highest BCUT2D eigenvalue weighted by Gasteiger charge is 2.15. The summed E-state index contributed by atoms with van der Waals surface area (Å²) in [7, 11) is 0. The van der Waals surface area contributed by atoms with Crippen molar-refractivity contribution in [3.05, 3.63) is 66.0 Å². The second-order valence-corrected chi connectivity index (χ2v) is 5.12. The smallest absolute Gasteiger partial charge is 0.258 e. The van der Waals surface area contributed by atoms with Gasteiger partial charge in [0.2, 0.25) is 0 Å². The predicted molar refractivity (Wildman–Crippen MR) is 85.5 cm³/mol. The Bertz CT molecular complexity index is 619. The number of amides is 1. The van der Waals surface area contributed by atoms with E-state index in [2.05, 4.69) is 5.32 Å². The van der Waals surface area contributed by atoms with Crippen LogP contribution >= 0.6 is 0 Å². The average Bonchev–Trinajstić information content (AvgIpc) is 2.58. The molecule has 0 radical (unpaired) electrons. The van der Waals surface area contributed by atoms with Gasteiger partial charge in [0.15, 0.2) is 18.2 Å². The van der Waals surface area contributed by atoms with Crippen molar-refractivity contribution < 1.29 is 19.0 Å². The molecule has 1 atom stereocenters. The molecule has 1 amide bonds. The second-order valence-electron chi connectivity index (χ2n) is 5.12. The summed E-state index contributed by atoms with van der Waals surface area (Å²) in [4.78, 5) is 12.1. The summed E-state index contributed by atoms with van der Waals surface area (Å²) in [5.74, 6) is -0.783. The van der Waals surface area contributed by atoms with Crippen LogP contribution in [0.15, 0.2) is 54.6 Å². The number of benzene rings is 2. The Morgan fingerprint density at radius 1 is 1.13 bits per heavy atom. The van der Waals surface area contributed by atoms with Gasteiger partial charge in [-0.05, 0) is 30.5 Å². The first-order chi connectivity index (χ1) is 11.2. The van der Waals surface area contributed by atoms with Crippen LogP contribution in [0.2, 0.25) is 0 Å². The van der Waals surface area contributed by atoms with Crippen LogP contribution in [0.25, 0.3) is 0 Å². The Morgan fingerprint density at radius 3 is 2.52 bits per heavy atom. The summed E-state index contributed by atoms with van der Waals surface area (Å²) >= 11 is 0. The van der Waals surface area contributed by atoms with Crippen molar-refractivity contribution in [2.75, 3.05) is 13.2 Å². The zero-order valence-corrected chi connectivity index (χ0v) is 12.7. The number of carbonyl (C=O) groups excluding carboxylic acids is 1. The third kappa shape index (κ3) is 5.38. The fraction of sp³-hybridized carbons (Fsp3) is 0.278. The minimum atomic E-state index is -0.500. The summed E-state index contributed by atoms with van der Waals surface area (Å²) in [6.45, 7) is -0.200. The fourth-order valence-corrected chi connectivity index (χ4v) is 2.24. The SMILES string of the molecule is O=C(COc1ccccc1F)NC(CCCO)c1ccccc1. The van der Waals surface area contributed by atoms with E-state index >= 15 is 0 Å². The number of carbonyl (C=O) groups is 1. The molecule has 2 aromatic rings. The lowest BCUT2D eigenvalue weighted by Crippen LogP contribution is -2.33. The van der Waals surface area contributed by atoms with Crippen molar-refractivity contribution >= 4 is 5.91 Å². The second kappa shape index (κ2) is 8.90. The van der Waals surface area contributed by atoms with E-state index < -0.39 is 5.82 Å². The number of ether oxygens (including phenoxy) is 1. The van der Waals surface area contributed by atoms with Gasteiger partial charge in [0.05, 0.1) is 6.04 Å². The number of hydrogen-bond acceptors (Lipinski definition) is 3. The molecule has 122 valence electrons. The number of para-hydroxylation sites is 1. The first-order valence-corrected chi connectivity index (χ1v) is 7.53. The Kier molecular flexibility index (Phi) is 6.56. The molecule has 2 aromatic carbocycles. The molecule has 5 heteroatoms. The zero-order chi connectivity index (χ0) is 16.5. The zero-order valence-electron chi connectivity index (χ0n) is 12.7. The molecule has 0 aliphatic rings. The molecule has 0 aromatic heterocycles. The molecule has 23 heavy (non-hydrogen) atoms. The highest BCUT2D eigenvalue weighted by molar-refractivity contribution is 5.78. The van der Waals surface area contributed by atoms with Gasteiger partial charge in [-0.25, -0.2) is 4.39 Å². The van der Waals surface area contributed by atoms with E-state index in [1.54, 1.807) is 12.1 Å². The summed E-state index contributed by atoms with van der Waals surface area (Å²) < 4.78 is 18.7. The number of nitrogens with one attached hydrogen (secondary N) is 1. The predicted octanol–water partition coefficient (Wildman–Crippen LogP) is 2.83. The van der Waals surface area contributed by atoms with Gasteiger partial charge < -0.3 is 15.2 Å². The largest absolute Gasteiger partial charge is 0.481 e. The van der Waals surface area contributed by atoms with E-state index in [0.717, 1.165) is 5.56 Å². The van der Waals surface area contributed by atoms with Gasteiger partial charge in [0.25, 0.3) is 5.91 Å². The average molecular weight is 317 g/mol. The Morgan fingerprint density at radius 2 is 1.83 bits per heavy atom. The highest BCUT2D eigenvalue weighted by atomic mass is 19.1. The van der Waals surface area contributed by atoms with Gasteiger partial charge >= 0.3 is 0 Å². The Hall–Kier alpha value is -2.40. The molecule has 0 heterocycles. The van der Waals surface area contributed by atoms with Crippen molar-refractivity contribution in [2.24, 2.45) is 0 Å². The third-order valence-electron chi connectivity index (χ3n) is 3.38. The fourth-order valence-electron chi connectivity index (χ4n) is 2.24. The Labute approximate surface area is 134 Å². The van der Waals surface area contributed by atoms with Crippen LogP contribution < -0.4 is 10.1 Å². The van der Waals surface area contributed by atoms with Crippen LogP contribution in [0, 0.1) is 5.82 Å². The van der Waals surface area contributed by atoms with E-state index in [1.807, 2.05) is 30.3 Å². The van der Waals surface area contributed by atoms with Crippen LogP contribution in [-0.2, 0) is 4.79 Å². The summed E-state index contributed by atoms with van der Waals surface area (Å²) in [6.07, 6.45) is 1.19. The van der Waals surface area contributed by atoms with Gasteiger partial charge in [0.1, 0.15) is 0 Å². The topological polar surface area (TPSA) is 58.6 Å². The molecular weight excluding hydrogens is 297 g/mol. The normalized spacial score (nSPS) is 11.7. The van der Waals surface area contributed by atoms with E-state index in [9.17, 15) is 9.18 Å². The maximum absolute atomic E-state index is 13.4. The lowest BCUT2D eigenvalue weighted by molar-refractivity contribution is -0.124. The summed E-state index contributed by atoms with van der Waals surface area (Å²) in [6, 6.07) is 15.3. The van der Waals surface area contributed by atoms with Crippen LogP contribution in [0.3, 0.4) is 0 Å². The molecule has 0 saturated heterocycles. The summed E-state index contributed by atoms with van der Waals surface area (Å²) in [5.41, 5.74) is 0.959. The van der Waals surface area contributed by atoms with Gasteiger partial charge in [-0.15, -0.1) is 0 Å². The van der Waals surface area contributed by atoms with E-state index in [-0.39, 0.29) is 30.9 Å². The van der Waals surface area contributed by atoms with Crippen molar-refractivity contribution in [2.45, 2.75) is 18.9 Å². The molecule has 0 bridgehead atoms. The van der Waals surface area contributed by atoms with Crippen molar-refractivity contribution in [3.8, 4) is 5.75 Å². The van der Waals surface area contributed by atoms with E-state index in [0.29, 0.717) is 12.8 Å². The molecule has 0 saturated carbocycles. The number of rotatable bonds is 8. The molecule has 0 aliphatic carbocycles. The minimum Gasteiger partial charge on any atom is -0.481 e. The first-order valence-electron chi connectivity index (χ1n) is 7.53. The van der Waals surface area contributed by atoms with Gasteiger partial charge in [-0.1, -0.05) is 42.5 Å². The van der Waals surface area contributed by atoms with E-state index in [1.165, 1.54) is 12.1 Å². The van der Waals surface area contributed by atoms with Crippen LogP contribution in [-0.4, -0.2) is 24.2 Å². The molecule has 0 fully saturated rings. The van der Waals surface area contributed by atoms with Crippen molar-refractivity contribution in [1.82, 2.24) is 5.32 Å². The quantitative estimate of drug-likeness (QED) is 0.787. The number of aliphatic hydroxyl groups excluding tert-OH is 1. The summed E-state index contributed by atoms with van der Waals surface area (Å²) in [5, 5.41) is 11.9. The first kappa shape index (κ1) is 17.0. The van der Waals surface area contributed by atoms with Crippen LogP contribution in [0.5, 0.6) is 5.75 Å². The molecule has 4 nitrogen and oxygen atoms in total. The Balaban J connectivity index is 1.93.